The van der Waals surface area contributed by atoms with Gasteiger partial charge < -0.3 is 25.3 Å². The molecule has 0 spiro atoms. The average molecular weight is 545 g/mol. The van der Waals surface area contributed by atoms with Crippen molar-refractivity contribution >= 4 is 41.0 Å². The van der Waals surface area contributed by atoms with E-state index in [-0.39, 0.29) is 0 Å². The van der Waals surface area contributed by atoms with Gasteiger partial charge in [0.2, 0.25) is 6.41 Å². The van der Waals surface area contributed by atoms with Gasteiger partial charge in [0, 0.05) is 72.9 Å². The van der Waals surface area contributed by atoms with Gasteiger partial charge in [-0.15, -0.1) is 0 Å². The van der Waals surface area contributed by atoms with Gasteiger partial charge in [0.15, 0.2) is 0 Å². The highest BCUT2D eigenvalue weighted by Crippen LogP contribution is 2.24. The van der Waals surface area contributed by atoms with Gasteiger partial charge in [0.1, 0.15) is 5.82 Å². The minimum absolute atomic E-state index is 0.448. The standard InChI is InChI=1S/C29H39Cl2N5O/c1-23-20-35(18-14-32-23)29(21-34-15-5-3-2-4-6-16-34)33-26-9-11-27(12-10-26)36(22-37)17-13-24-7-8-25(30)19-28(24)31/h7-12,19,21-23,32-33H,2-6,13-18,20H2,1H3/b29-21+/t23-/m0/s1. The number of hydrogen-bond donors (Lipinski definition) is 2. The first-order chi connectivity index (χ1) is 18.0. The lowest BCUT2D eigenvalue weighted by atomic mass is 10.1. The van der Waals surface area contributed by atoms with Crippen LogP contribution in [-0.4, -0.2) is 61.5 Å². The Morgan fingerprint density at radius 3 is 2.46 bits per heavy atom. The summed E-state index contributed by atoms with van der Waals surface area (Å²) < 4.78 is 0. The molecule has 1 amide bonds. The molecule has 8 heteroatoms. The van der Waals surface area contributed by atoms with Crippen molar-refractivity contribution in [2.75, 3.05) is 49.5 Å². The maximum absolute atomic E-state index is 11.9. The molecule has 2 fully saturated rings. The van der Waals surface area contributed by atoms with Crippen LogP contribution in [0.5, 0.6) is 0 Å². The molecule has 2 aliphatic heterocycles. The first-order valence-corrected chi connectivity index (χ1v) is 14.2. The molecule has 6 nitrogen and oxygen atoms in total. The molecule has 2 aromatic rings. The molecule has 2 aliphatic rings. The maximum Gasteiger partial charge on any atom is 0.214 e. The first-order valence-electron chi connectivity index (χ1n) is 13.5. The van der Waals surface area contributed by atoms with Crippen LogP contribution in [0.2, 0.25) is 10.0 Å². The van der Waals surface area contributed by atoms with Crippen LogP contribution in [0, 0.1) is 0 Å². The number of piperazine rings is 1. The molecule has 2 heterocycles. The normalized spacial score (nSPS) is 19.2. The van der Waals surface area contributed by atoms with Gasteiger partial charge in [-0.2, -0.15) is 0 Å². The fraction of sp³-hybridized carbons (Fsp3) is 0.483. The van der Waals surface area contributed by atoms with Gasteiger partial charge in [-0.25, -0.2) is 0 Å². The van der Waals surface area contributed by atoms with E-state index in [1.165, 1.54) is 32.1 Å². The number of hydrogen-bond acceptors (Lipinski definition) is 5. The number of benzene rings is 2. The highest BCUT2D eigenvalue weighted by molar-refractivity contribution is 6.35. The van der Waals surface area contributed by atoms with E-state index in [0.717, 1.165) is 61.9 Å². The fourth-order valence-electron chi connectivity index (χ4n) is 5.01. The van der Waals surface area contributed by atoms with Gasteiger partial charge in [-0.3, -0.25) is 4.79 Å². The molecule has 2 aromatic carbocycles. The number of nitrogens with zero attached hydrogens (tertiary/aromatic N) is 3. The lowest BCUT2D eigenvalue weighted by Crippen LogP contribution is -2.50. The molecular formula is C29H39Cl2N5O. The van der Waals surface area contributed by atoms with Gasteiger partial charge in [-0.1, -0.05) is 48.5 Å². The number of rotatable bonds is 9. The van der Waals surface area contributed by atoms with Crippen molar-refractivity contribution in [3.05, 3.63) is 70.1 Å². The summed E-state index contributed by atoms with van der Waals surface area (Å²) in [5, 5.41) is 8.47. The van der Waals surface area contributed by atoms with E-state index in [2.05, 4.69) is 33.6 Å². The minimum atomic E-state index is 0.448. The predicted octanol–water partition coefficient (Wildman–Crippen LogP) is 5.97. The van der Waals surface area contributed by atoms with E-state index in [0.29, 0.717) is 29.1 Å². The molecule has 0 radical (unpaired) electrons. The van der Waals surface area contributed by atoms with Gasteiger partial charge in [0.05, 0.1) is 0 Å². The number of halogens is 2. The Kier molecular flexibility index (Phi) is 10.4. The van der Waals surface area contributed by atoms with Crippen molar-refractivity contribution in [1.82, 2.24) is 15.1 Å². The van der Waals surface area contributed by atoms with Crippen LogP contribution in [0.3, 0.4) is 0 Å². The van der Waals surface area contributed by atoms with Crippen molar-refractivity contribution in [3.63, 3.8) is 0 Å². The van der Waals surface area contributed by atoms with Crippen LogP contribution in [0.25, 0.3) is 0 Å². The van der Waals surface area contributed by atoms with Crippen LogP contribution in [-0.2, 0) is 11.2 Å². The van der Waals surface area contributed by atoms with Gasteiger partial charge in [-0.05, 0) is 68.1 Å². The zero-order valence-corrected chi connectivity index (χ0v) is 23.3. The lowest BCUT2D eigenvalue weighted by Gasteiger charge is -2.37. The molecule has 37 heavy (non-hydrogen) atoms. The summed E-state index contributed by atoms with van der Waals surface area (Å²) in [6, 6.07) is 14.0. The molecule has 0 aromatic heterocycles. The number of anilines is 2. The highest BCUT2D eigenvalue weighted by atomic mass is 35.5. The van der Waals surface area contributed by atoms with Crippen molar-refractivity contribution in [3.8, 4) is 0 Å². The molecule has 4 rings (SSSR count). The summed E-state index contributed by atoms with van der Waals surface area (Å²) in [7, 11) is 0. The van der Waals surface area contributed by atoms with Crippen LogP contribution in [0.15, 0.2) is 54.5 Å². The van der Waals surface area contributed by atoms with E-state index in [1.807, 2.05) is 36.4 Å². The average Bonchev–Trinajstić information content (AvgIpc) is 2.87. The predicted molar refractivity (Wildman–Crippen MR) is 155 cm³/mol. The quantitative estimate of drug-likeness (QED) is 0.381. The van der Waals surface area contributed by atoms with Crippen molar-refractivity contribution < 1.29 is 4.79 Å². The van der Waals surface area contributed by atoms with Crippen molar-refractivity contribution in [1.29, 1.82) is 0 Å². The van der Waals surface area contributed by atoms with E-state index < -0.39 is 0 Å². The summed E-state index contributed by atoms with van der Waals surface area (Å²) >= 11 is 12.3. The maximum atomic E-state index is 11.9. The van der Waals surface area contributed by atoms with Crippen molar-refractivity contribution in [2.45, 2.75) is 51.5 Å². The highest BCUT2D eigenvalue weighted by Gasteiger charge is 2.19. The van der Waals surface area contributed by atoms with Crippen LogP contribution in [0.1, 0.15) is 44.6 Å². The van der Waals surface area contributed by atoms with Crippen LogP contribution >= 0.6 is 23.2 Å². The van der Waals surface area contributed by atoms with E-state index in [4.69, 9.17) is 23.2 Å². The van der Waals surface area contributed by atoms with Gasteiger partial charge in [0.25, 0.3) is 0 Å². The van der Waals surface area contributed by atoms with E-state index >= 15 is 0 Å². The van der Waals surface area contributed by atoms with E-state index in [9.17, 15) is 4.79 Å². The summed E-state index contributed by atoms with van der Waals surface area (Å²) in [4.78, 5) is 18.5. The molecule has 1 atom stereocenters. The Morgan fingerprint density at radius 1 is 1.05 bits per heavy atom. The molecular weight excluding hydrogens is 505 g/mol. The largest absolute Gasteiger partial charge is 0.374 e. The second-order valence-corrected chi connectivity index (χ2v) is 10.9. The molecule has 0 saturated carbocycles. The Labute approximate surface area is 231 Å². The number of amides is 1. The Bertz CT molecular complexity index is 1040. The van der Waals surface area contributed by atoms with E-state index in [1.54, 1.807) is 11.0 Å². The Hall–Kier alpha value is -2.41. The SMILES string of the molecule is C[C@H]1CN(/C(=C/N2CCCCCCC2)Nc2ccc(N(C=O)CCc3ccc(Cl)cc3Cl)cc2)CCN1. The molecule has 0 aliphatic carbocycles. The number of carbonyl (C=O) groups excluding carboxylic acids is 1. The second-order valence-electron chi connectivity index (χ2n) is 10.1. The summed E-state index contributed by atoms with van der Waals surface area (Å²) in [6.45, 7) is 7.91. The molecule has 0 unspecified atom stereocenters. The lowest BCUT2D eigenvalue weighted by molar-refractivity contribution is -0.107. The third-order valence-corrected chi connectivity index (χ3v) is 7.73. The summed E-state index contributed by atoms with van der Waals surface area (Å²) in [6.07, 6.45) is 10.3. The fourth-order valence-corrected chi connectivity index (χ4v) is 5.51. The summed E-state index contributed by atoms with van der Waals surface area (Å²) in [5.41, 5.74) is 2.84. The van der Waals surface area contributed by atoms with Crippen LogP contribution in [0.4, 0.5) is 11.4 Å². The number of carbonyl (C=O) groups is 1. The Balaban J connectivity index is 1.45. The first kappa shape index (κ1) is 27.6. The number of nitrogens with one attached hydrogen (secondary N) is 2. The van der Waals surface area contributed by atoms with Crippen LogP contribution < -0.4 is 15.5 Å². The third-order valence-electron chi connectivity index (χ3n) is 7.14. The van der Waals surface area contributed by atoms with Crippen molar-refractivity contribution in [2.24, 2.45) is 0 Å². The molecule has 200 valence electrons. The summed E-state index contributed by atoms with van der Waals surface area (Å²) in [5.74, 6) is 1.14. The molecule has 2 saturated heterocycles. The van der Waals surface area contributed by atoms with Gasteiger partial charge >= 0.3 is 0 Å². The smallest absolute Gasteiger partial charge is 0.214 e. The second kappa shape index (κ2) is 13.9. The topological polar surface area (TPSA) is 50.9 Å². The Morgan fingerprint density at radius 2 is 1.78 bits per heavy atom. The molecule has 0 bridgehead atoms. The monoisotopic (exact) mass is 543 g/mol. The minimum Gasteiger partial charge on any atom is -0.374 e. The number of likely N-dealkylation sites (tertiary alicyclic amines) is 1. The zero-order valence-electron chi connectivity index (χ0n) is 21.8. The zero-order chi connectivity index (χ0) is 26.0. The molecule has 2 N–H and O–H groups in total. The third kappa shape index (κ3) is 8.29.